The zero-order chi connectivity index (χ0) is 13.8. The van der Waals surface area contributed by atoms with Gasteiger partial charge in [-0.1, -0.05) is 0 Å². The van der Waals surface area contributed by atoms with Gasteiger partial charge in [0, 0.05) is 16.1 Å². The normalized spacial score (nSPS) is 11.3. The number of amides is 1. The second-order valence-corrected chi connectivity index (χ2v) is 4.66. The Morgan fingerprint density at radius 3 is 2.10 bits per heavy atom. The first kappa shape index (κ1) is 17.0. The second-order valence-electron chi connectivity index (χ2n) is 3.72. The van der Waals surface area contributed by atoms with Crippen molar-refractivity contribution in [3.05, 3.63) is 59.9 Å². The predicted molar refractivity (Wildman–Crippen MR) is 68.0 cm³/mol. The van der Waals surface area contributed by atoms with Gasteiger partial charge in [-0.05, 0) is 59.6 Å². The number of hydrogen-bond acceptors (Lipinski definition) is 3. The zero-order valence-corrected chi connectivity index (χ0v) is 13.4. The molecule has 0 fully saturated rings. The van der Waals surface area contributed by atoms with Crippen molar-refractivity contribution in [1.82, 2.24) is 0 Å². The number of halogens is 1. The van der Waals surface area contributed by atoms with Crippen molar-refractivity contribution in [3.63, 3.8) is 0 Å². The summed E-state index contributed by atoms with van der Waals surface area (Å²) < 4.78 is 34.0. The Labute approximate surface area is 140 Å². The van der Waals surface area contributed by atoms with Crippen molar-refractivity contribution < 1.29 is 47.5 Å². The van der Waals surface area contributed by atoms with E-state index in [9.17, 15) is 17.9 Å². The third-order valence-electron chi connectivity index (χ3n) is 2.41. The van der Waals surface area contributed by atoms with E-state index in [1.807, 2.05) is 0 Å². The van der Waals surface area contributed by atoms with Crippen LogP contribution >= 0.6 is 0 Å². The zero-order valence-electron chi connectivity index (χ0n) is 10.6. The van der Waals surface area contributed by atoms with Gasteiger partial charge in [0.05, 0.1) is 0 Å². The third kappa shape index (κ3) is 4.50. The van der Waals surface area contributed by atoms with Crippen LogP contribution in [-0.2, 0) is 11.1 Å². The number of carbonyl (C=O) groups excluding carboxylic acids is 1. The summed E-state index contributed by atoms with van der Waals surface area (Å²) in [5.74, 6) is -0.810. The van der Waals surface area contributed by atoms with E-state index in [0.29, 0.717) is 11.3 Å². The van der Waals surface area contributed by atoms with Crippen molar-refractivity contribution >= 4 is 22.7 Å². The Kier molecular flexibility index (Phi) is 6.51. The van der Waals surface area contributed by atoms with Gasteiger partial charge in [-0.2, -0.15) is 0 Å². The first-order chi connectivity index (χ1) is 9.06. The number of anilines is 1. The van der Waals surface area contributed by atoms with Gasteiger partial charge in [0.15, 0.2) is 0 Å². The Morgan fingerprint density at radius 2 is 1.60 bits per heavy atom. The molecule has 0 aromatic heterocycles. The first-order valence-corrected chi connectivity index (χ1v) is 6.40. The topological polar surface area (TPSA) is 69.2 Å². The summed E-state index contributed by atoms with van der Waals surface area (Å²) in [4.78, 5) is 11.9. The van der Waals surface area contributed by atoms with Gasteiger partial charge in [0.2, 0.25) is 0 Å². The molecule has 1 atom stereocenters. The average Bonchev–Trinajstić information content (AvgIpc) is 2.40. The van der Waals surface area contributed by atoms with Crippen LogP contribution in [0, 0.1) is 5.82 Å². The van der Waals surface area contributed by atoms with E-state index < -0.39 is 22.8 Å². The van der Waals surface area contributed by atoms with E-state index in [4.69, 9.17) is 0 Å². The largest absolute Gasteiger partial charge is 1.00 e. The van der Waals surface area contributed by atoms with Gasteiger partial charge in [0.1, 0.15) is 5.82 Å². The number of benzene rings is 2. The van der Waals surface area contributed by atoms with Gasteiger partial charge < -0.3 is 9.87 Å². The van der Waals surface area contributed by atoms with Crippen LogP contribution < -0.4 is 34.9 Å². The van der Waals surface area contributed by atoms with Crippen LogP contribution in [0.2, 0.25) is 0 Å². The average molecular weight is 301 g/mol. The molecule has 0 aliphatic carbocycles. The smallest absolute Gasteiger partial charge is 0.768 e. The molecule has 0 saturated carbocycles. The summed E-state index contributed by atoms with van der Waals surface area (Å²) in [6.07, 6.45) is 0. The van der Waals surface area contributed by atoms with Crippen LogP contribution in [0.3, 0.4) is 0 Å². The second kappa shape index (κ2) is 7.66. The minimum Gasteiger partial charge on any atom is -0.768 e. The molecule has 0 heterocycles. The summed E-state index contributed by atoms with van der Waals surface area (Å²) in [5, 5.41) is 2.58. The molecule has 0 aliphatic heterocycles. The number of rotatable bonds is 3. The molecular weight excluding hydrogens is 292 g/mol. The van der Waals surface area contributed by atoms with Gasteiger partial charge in [-0.15, -0.1) is 0 Å². The van der Waals surface area contributed by atoms with E-state index in [0.717, 1.165) is 0 Å². The molecule has 0 aliphatic rings. The van der Waals surface area contributed by atoms with Crippen LogP contribution in [0.15, 0.2) is 53.4 Å². The maximum absolute atomic E-state index is 12.7. The SMILES string of the molecule is O=C(Nc1ccc(S(=O)[O-])cc1)c1ccc(F)cc1.[Na+]. The first-order valence-electron chi connectivity index (χ1n) is 5.32. The summed E-state index contributed by atoms with van der Waals surface area (Å²) in [7, 11) is 0. The molecule has 2 aromatic carbocycles. The Hall–Kier alpha value is -1.05. The molecule has 2 aromatic rings. The van der Waals surface area contributed by atoms with Gasteiger partial charge >= 0.3 is 29.6 Å². The van der Waals surface area contributed by atoms with Crippen molar-refractivity contribution in [2.24, 2.45) is 0 Å². The Bertz CT molecular complexity index is 617. The quantitative estimate of drug-likeness (QED) is 0.603. The molecule has 0 bridgehead atoms. The predicted octanol–water partition coefficient (Wildman–Crippen LogP) is -0.680. The van der Waals surface area contributed by atoms with E-state index >= 15 is 0 Å². The van der Waals surface area contributed by atoms with E-state index in [1.165, 1.54) is 48.5 Å². The van der Waals surface area contributed by atoms with E-state index in [2.05, 4.69) is 5.32 Å². The third-order valence-corrected chi connectivity index (χ3v) is 3.07. The fraction of sp³-hybridized carbons (Fsp3) is 0. The van der Waals surface area contributed by atoms with Crippen LogP contribution in [0.25, 0.3) is 0 Å². The molecule has 4 nitrogen and oxygen atoms in total. The van der Waals surface area contributed by atoms with Crippen LogP contribution in [0.4, 0.5) is 10.1 Å². The van der Waals surface area contributed by atoms with Gasteiger partial charge in [0.25, 0.3) is 5.91 Å². The molecule has 20 heavy (non-hydrogen) atoms. The summed E-state index contributed by atoms with van der Waals surface area (Å²) in [6, 6.07) is 10.8. The molecule has 2 rings (SSSR count). The number of carbonyl (C=O) groups is 1. The fourth-order valence-electron chi connectivity index (χ4n) is 1.45. The molecule has 7 heteroatoms. The van der Waals surface area contributed by atoms with Crippen molar-refractivity contribution in [2.45, 2.75) is 4.90 Å². The maximum atomic E-state index is 12.7. The van der Waals surface area contributed by atoms with Crippen LogP contribution in [0.1, 0.15) is 10.4 Å². The molecule has 1 N–H and O–H groups in total. The van der Waals surface area contributed by atoms with Crippen LogP contribution in [-0.4, -0.2) is 14.7 Å². The molecule has 1 unspecified atom stereocenters. The molecule has 0 saturated heterocycles. The Morgan fingerprint density at radius 1 is 1.05 bits per heavy atom. The van der Waals surface area contributed by atoms with Crippen molar-refractivity contribution in [1.29, 1.82) is 0 Å². The van der Waals surface area contributed by atoms with Gasteiger partial charge in [-0.3, -0.25) is 9.00 Å². The molecular formula is C13H9FNNaO3S. The van der Waals surface area contributed by atoms with Crippen molar-refractivity contribution in [2.75, 3.05) is 5.32 Å². The van der Waals surface area contributed by atoms with Crippen molar-refractivity contribution in [3.8, 4) is 0 Å². The van der Waals surface area contributed by atoms with E-state index in [1.54, 1.807) is 0 Å². The molecule has 0 spiro atoms. The monoisotopic (exact) mass is 301 g/mol. The summed E-state index contributed by atoms with van der Waals surface area (Å²) in [6.45, 7) is 0. The number of nitrogens with one attached hydrogen (secondary N) is 1. The van der Waals surface area contributed by atoms with Crippen LogP contribution in [0.5, 0.6) is 0 Å². The molecule has 1 amide bonds. The minimum atomic E-state index is -2.29. The minimum absolute atomic E-state index is 0. The summed E-state index contributed by atoms with van der Waals surface area (Å²) in [5.41, 5.74) is 0.779. The van der Waals surface area contributed by atoms with E-state index in [-0.39, 0.29) is 34.5 Å². The Balaban J connectivity index is 0.00000200. The standard InChI is InChI=1S/C13H10FNO3S.Na/c14-10-3-1-9(2-4-10)13(16)15-11-5-7-12(8-6-11)19(17)18;/h1-8H,(H,15,16)(H,17,18);/q;+1/p-1. The fourth-order valence-corrected chi connectivity index (χ4v) is 1.81. The molecule has 0 radical (unpaired) electrons. The maximum Gasteiger partial charge on any atom is 1.00 e. The summed E-state index contributed by atoms with van der Waals surface area (Å²) >= 11 is -2.29. The molecule has 98 valence electrons. The number of hydrogen-bond donors (Lipinski definition) is 1. The van der Waals surface area contributed by atoms with Gasteiger partial charge in [-0.25, -0.2) is 4.39 Å².